The molecular weight excluding hydrogens is 186 g/mol. The van der Waals surface area contributed by atoms with Gasteiger partial charge < -0.3 is 4.74 Å². The van der Waals surface area contributed by atoms with Crippen LogP contribution in [-0.4, -0.2) is 36.7 Å². The second-order valence-electron chi connectivity index (χ2n) is 5.44. The van der Waals surface area contributed by atoms with E-state index in [9.17, 15) is 0 Å². The number of hydrogen-bond donors (Lipinski definition) is 0. The van der Waals surface area contributed by atoms with Gasteiger partial charge in [-0.3, -0.25) is 4.90 Å². The highest BCUT2D eigenvalue weighted by Gasteiger charge is 2.42. The van der Waals surface area contributed by atoms with Crippen LogP contribution in [0.15, 0.2) is 12.7 Å². The van der Waals surface area contributed by atoms with Gasteiger partial charge in [-0.1, -0.05) is 6.08 Å². The summed E-state index contributed by atoms with van der Waals surface area (Å²) in [7, 11) is 0. The molecule has 2 aliphatic heterocycles. The maximum Gasteiger partial charge on any atom is 0.0556 e. The third-order valence-corrected chi connectivity index (χ3v) is 3.81. The average Bonchev–Trinajstić information content (AvgIpc) is 2.46. The second kappa shape index (κ2) is 4.26. The van der Waals surface area contributed by atoms with Crippen molar-refractivity contribution in [3.63, 3.8) is 0 Å². The van der Waals surface area contributed by atoms with Gasteiger partial charge in [-0.2, -0.15) is 0 Å². The van der Waals surface area contributed by atoms with Gasteiger partial charge in [-0.05, 0) is 45.1 Å². The fourth-order valence-corrected chi connectivity index (χ4v) is 3.50. The number of rotatable bonds is 2. The number of hydrogen-bond acceptors (Lipinski definition) is 2. The highest BCUT2D eigenvalue weighted by Crippen LogP contribution is 2.43. The molecule has 0 N–H and O–H groups in total. The molecule has 0 bridgehead atoms. The summed E-state index contributed by atoms with van der Waals surface area (Å²) < 4.78 is 5.83. The summed E-state index contributed by atoms with van der Waals surface area (Å²) in [5.74, 6) is 0. The van der Waals surface area contributed by atoms with Gasteiger partial charge in [0.1, 0.15) is 0 Å². The Kier molecular flexibility index (Phi) is 3.17. The van der Waals surface area contributed by atoms with Crippen molar-refractivity contribution in [2.24, 2.45) is 5.41 Å². The van der Waals surface area contributed by atoms with Crippen LogP contribution in [-0.2, 0) is 4.74 Å². The first-order chi connectivity index (χ1) is 7.13. The van der Waals surface area contributed by atoms with E-state index >= 15 is 0 Å². The minimum Gasteiger partial charge on any atom is -0.376 e. The first kappa shape index (κ1) is 11.2. The third-order valence-electron chi connectivity index (χ3n) is 3.81. The Balaban J connectivity index is 1.98. The summed E-state index contributed by atoms with van der Waals surface area (Å²) in [5.41, 5.74) is 0.542. The van der Waals surface area contributed by atoms with E-state index in [2.05, 4.69) is 25.3 Å². The number of nitrogens with zero attached hydrogens (tertiary/aromatic N) is 1. The minimum atomic E-state index is 0.442. The van der Waals surface area contributed by atoms with E-state index in [1.165, 1.54) is 32.4 Å². The van der Waals surface area contributed by atoms with Crippen LogP contribution in [0.2, 0.25) is 0 Å². The lowest BCUT2D eigenvalue weighted by Crippen LogP contribution is -2.40. The van der Waals surface area contributed by atoms with E-state index < -0.39 is 0 Å². The van der Waals surface area contributed by atoms with E-state index in [0.717, 1.165) is 6.54 Å². The van der Waals surface area contributed by atoms with E-state index in [0.29, 0.717) is 17.6 Å². The molecule has 86 valence electrons. The molecule has 2 nitrogen and oxygen atoms in total. The first-order valence-electron chi connectivity index (χ1n) is 6.12. The van der Waals surface area contributed by atoms with Gasteiger partial charge in [0.25, 0.3) is 0 Å². The number of likely N-dealkylation sites (tertiary alicyclic amines) is 1. The van der Waals surface area contributed by atoms with Crippen LogP contribution in [0, 0.1) is 5.41 Å². The molecule has 2 atom stereocenters. The fourth-order valence-electron chi connectivity index (χ4n) is 3.50. The zero-order chi connectivity index (χ0) is 10.9. The first-order valence-corrected chi connectivity index (χ1v) is 6.12. The van der Waals surface area contributed by atoms with Gasteiger partial charge in [-0.25, -0.2) is 0 Å². The van der Waals surface area contributed by atoms with Gasteiger partial charge in [-0.15, -0.1) is 6.58 Å². The van der Waals surface area contributed by atoms with Gasteiger partial charge >= 0.3 is 0 Å². The minimum absolute atomic E-state index is 0.442. The van der Waals surface area contributed by atoms with Crippen LogP contribution < -0.4 is 0 Å². The Morgan fingerprint density at radius 2 is 2.07 bits per heavy atom. The molecule has 0 unspecified atom stereocenters. The molecule has 0 saturated carbocycles. The second-order valence-corrected chi connectivity index (χ2v) is 5.44. The Hall–Kier alpha value is -0.340. The fraction of sp³-hybridized carbons (Fsp3) is 0.846. The lowest BCUT2D eigenvalue weighted by atomic mass is 9.75. The molecule has 2 fully saturated rings. The molecule has 2 heterocycles. The molecule has 0 aliphatic carbocycles. The van der Waals surface area contributed by atoms with Crippen molar-refractivity contribution in [1.29, 1.82) is 0 Å². The predicted molar refractivity (Wildman–Crippen MR) is 62.9 cm³/mol. The van der Waals surface area contributed by atoms with E-state index in [-0.39, 0.29) is 0 Å². The molecule has 0 aromatic rings. The summed E-state index contributed by atoms with van der Waals surface area (Å²) >= 11 is 0. The Labute approximate surface area is 93.3 Å². The summed E-state index contributed by atoms with van der Waals surface area (Å²) in [6, 6.07) is 0. The molecule has 1 spiro atoms. The molecule has 2 saturated heterocycles. The molecule has 15 heavy (non-hydrogen) atoms. The van der Waals surface area contributed by atoms with Crippen molar-refractivity contribution in [2.45, 2.75) is 45.3 Å². The molecular formula is C13H23NO. The lowest BCUT2D eigenvalue weighted by Gasteiger charge is -2.40. The highest BCUT2D eigenvalue weighted by molar-refractivity contribution is 4.96. The average molecular weight is 209 g/mol. The maximum absolute atomic E-state index is 5.83. The summed E-state index contributed by atoms with van der Waals surface area (Å²) in [4.78, 5) is 2.53. The zero-order valence-electron chi connectivity index (χ0n) is 10.0. The lowest BCUT2D eigenvalue weighted by molar-refractivity contribution is -0.0834. The van der Waals surface area contributed by atoms with Crippen LogP contribution in [0.3, 0.4) is 0 Å². The molecule has 0 aromatic heterocycles. The molecule has 2 aliphatic rings. The van der Waals surface area contributed by atoms with Crippen LogP contribution >= 0.6 is 0 Å². The van der Waals surface area contributed by atoms with Crippen molar-refractivity contribution < 1.29 is 4.74 Å². The van der Waals surface area contributed by atoms with Gasteiger partial charge in [0, 0.05) is 13.1 Å². The molecule has 2 heteroatoms. The highest BCUT2D eigenvalue weighted by atomic mass is 16.5. The quantitative estimate of drug-likeness (QED) is 0.648. The third kappa shape index (κ3) is 2.43. The Bertz CT molecular complexity index is 229. The summed E-state index contributed by atoms with van der Waals surface area (Å²) in [6.07, 6.45) is 6.73. The standard InChI is InChI=1S/C13H23NO/c1-4-6-14-7-5-13(10-14)8-11(2)15-12(3)9-13/h4,11-12H,1,5-10H2,2-3H3/t11-,12-/m0/s1. The van der Waals surface area contributed by atoms with Crippen molar-refractivity contribution >= 4 is 0 Å². The van der Waals surface area contributed by atoms with E-state index in [1.807, 2.05) is 6.08 Å². The smallest absolute Gasteiger partial charge is 0.0556 e. The van der Waals surface area contributed by atoms with Crippen LogP contribution in [0.1, 0.15) is 33.1 Å². The molecule has 0 aromatic carbocycles. The van der Waals surface area contributed by atoms with E-state index in [1.54, 1.807) is 0 Å². The van der Waals surface area contributed by atoms with Crippen LogP contribution in [0.5, 0.6) is 0 Å². The largest absolute Gasteiger partial charge is 0.376 e. The van der Waals surface area contributed by atoms with Crippen molar-refractivity contribution in [2.75, 3.05) is 19.6 Å². The summed E-state index contributed by atoms with van der Waals surface area (Å²) in [6.45, 7) is 11.8. The van der Waals surface area contributed by atoms with Crippen LogP contribution in [0.4, 0.5) is 0 Å². The topological polar surface area (TPSA) is 12.5 Å². The molecule has 0 amide bonds. The van der Waals surface area contributed by atoms with Gasteiger partial charge in [0.15, 0.2) is 0 Å². The van der Waals surface area contributed by atoms with Gasteiger partial charge in [0.2, 0.25) is 0 Å². The Morgan fingerprint density at radius 1 is 1.40 bits per heavy atom. The van der Waals surface area contributed by atoms with E-state index in [4.69, 9.17) is 4.74 Å². The predicted octanol–water partition coefficient (Wildman–Crippen LogP) is 2.45. The SMILES string of the molecule is C=CCN1CCC2(C[C@H](C)O[C@@H](C)C2)C1. The molecule has 2 rings (SSSR count). The van der Waals surface area contributed by atoms with Crippen molar-refractivity contribution in [3.8, 4) is 0 Å². The number of ether oxygens (including phenoxy) is 1. The maximum atomic E-state index is 5.83. The molecule has 0 radical (unpaired) electrons. The monoisotopic (exact) mass is 209 g/mol. The zero-order valence-corrected chi connectivity index (χ0v) is 10.0. The van der Waals surface area contributed by atoms with Crippen molar-refractivity contribution in [3.05, 3.63) is 12.7 Å². The van der Waals surface area contributed by atoms with Gasteiger partial charge in [0.05, 0.1) is 12.2 Å². The van der Waals surface area contributed by atoms with Crippen molar-refractivity contribution in [1.82, 2.24) is 4.90 Å². The summed E-state index contributed by atoms with van der Waals surface area (Å²) in [5, 5.41) is 0. The van der Waals surface area contributed by atoms with Crippen LogP contribution in [0.25, 0.3) is 0 Å². The normalized spacial score (nSPS) is 42.3. The Morgan fingerprint density at radius 3 is 2.67 bits per heavy atom.